The van der Waals surface area contributed by atoms with E-state index in [0.717, 1.165) is 51.6 Å². The maximum Gasteiger partial charge on any atom is 0.329 e. The van der Waals surface area contributed by atoms with Crippen molar-refractivity contribution in [1.29, 1.82) is 0 Å². The molecule has 0 spiro atoms. The van der Waals surface area contributed by atoms with Crippen molar-refractivity contribution in [1.82, 2.24) is 14.9 Å². The summed E-state index contributed by atoms with van der Waals surface area (Å²) >= 11 is 0. The first-order chi connectivity index (χ1) is 13.0. The Balaban J connectivity index is 1.59. The first-order valence-corrected chi connectivity index (χ1v) is 9.55. The molecule has 1 aliphatic carbocycles. The summed E-state index contributed by atoms with van der Waals surface area (Å²) in [4.78, 5) is 32.9. The van der Waals surface area contributed by atoms with Crippen LogP contribution < -0.4 is 16.4 Å². The average molecular weight is 377 g/mol. The fourth-order valence-corrected chi connectivity index (χ4v) is 3.59. The SMILES string of the molecule is NC1CCC(CNc2nc(NCC(=O)N3CCCC3)ncc2[N+](=O)[O-])CC1. The fourth-order valence-electron chi connectivity index (χ4n) is 3.59. The Morgan fingerprint density at radius 2 is 1.96 bits per heavy atom. The van der Waals surface area contributed by atoms with Crippen LogP contribution in [0.3, 0.4) is 0 Å². The molecule has 0 bridgehead atoms. The molecule has 0 atom stereocenters. The molecule has 2 aliphatic rings. The quantitative estimate of drug-likeness (QED) is 0.478. The van der Waals surface area contributed by atoms with E-state index in [-0.39, 0.29) is 35.9 Å². The van der Waals surface area contributed by atoms with E-state index in [9.17, 15) is 14.9 Å². The highest BCUT2D eigenvalue weighted by Gasteiger charge is 2.22. The first-order valence-electron chi connectivity index (χ1n) is 9.55. The zero-order valence-corrected chi connectivity index (χ0v) is 15.4. The van der Waals surface area contributed by atoms with Gasteiger partial charge in [0.15, 0.2) is 0 Å². The van der Waals surface area contributed by atoms with Gasteiger partial charge in [-0.2, -0.15) is 4.98 Å². The largest absolute Gasteiger partial charge is 0.364 e. The van der Waals surface area contributed by atoms with Gasteiger partial charge in [0.25, 0.3) is 0 Å². The van der Waals surface area contributed by atoms with Gasteiger partial charge < -0.3 is 21.3 Å². The third-order valence-corrected chi connectivity index (χ3v) is 5.27. The zero-order chi connectivity index (χ0) is 19.2. The molecular formula is C17H27N7O3. The van der Waals surface area contributed by atoms with E-state index in [0.29, 0.717) is 12.5 Å². The summed E-state index contributed by atoms with van der Waals surface area (Å²) in [5.41, 5.74) is 5.75. The summed E-state index contributed by atoms with van der Waals surface area (Å²) in [6, 6.07) is 0.263. The highest BCUT2D eigenvalue weighted by molar-refractivity contribution is 5.80. The molecule has 1 amide bonds. The summed E-state index contributed by atoms with van der Waals surface area (Å²) in [6.45, 7) is 2.24. The third-order valence-electron chi connectivity index (χ3n) is 5.27. The summed E-state index contributed by atoms with van der Waals surface area (Å²) in [5.74, 6) is 0.803. The van der Waals surface area contributed by atoms with Gasteiger partial charge >= 0.3 is 5.69 Å². The number of carbonyl (C=O) groups is 1. The highest BCUT2D eigenvalue weighted by Crippen LogP contribution is 2.26. The van der Waals surface area contributed by atoms with Crippen LogP contribution in [-0.2, 0) is 4.79 Å². The van der Waals surface area contributed by atoms with E-state index >= 15 is 0 Å². The number of rotatable bonds is 7. The van der Waals surface area contributed by atoms with Crippen molar-refractivity contribution >= 4 is 23.4 Å². The fraction of sp³-hybridized carbons (Fsp3) is 0.706. The number of hydrogen-bond acceptors (Lipinski definition) is 8. The molecule has 1 saturated heterocycles. The third kappa shape index (κ3) is 5.25. The molecule has 10 heteroatoms. The monoisotopic (exact) mass is 377 g/mol. The number of aromatic nitrogens is 2. The summed E-state index contributed by atoms with van der Waals surface area (Å²) in [7, 11) is 0. The predicted molar refractivity (Wildman–Crippen MR) is 101 cm³/mol. The van der Waals surface area contributed by atoms with Crippen LogP contribution in [0.1, 0.15) is 38.5 Å². The van der Waals surface area contributed by atoms with E-state index in [1.54, 1.807) is 4.90 Å². The number of likely N-dealkylation sites (tertiary alicyclic amines) is 1. The van der Waals surface area contributed by atoms with Crippen LogP contribution >= 0.6 is 0 Å². The van der Waals surface area contributed by atoms with Gasteiger partial charge in [0.05, 0.1) is 11.5 Å². The number of anilines is 2. The van der Waals surface area contributed by atoms with Crippen molar-refractivity contribution < 1.29 is 9.72 Å². The second kappa shape index (κ2) is 8.94. The first kappa shape index (κ1) is 19.3. The smallest absolute Gasteiger partial charge is 0.329 e. The van der Waals surface area contributed by atoms with Crippen LogP contribution in [0.25, 0.3) is 0 Å². The van der Waals surface area contributed by atoms with Crippen molar-refractivity contribution in [2.45, 2.75) is 44.6 Å². The molecule has 4 N–H and O–H groups in total. The Labute approximate surface area is 158 Å². The maximum absolute atomic E-state index is 12.1. The molecule has 2 heterocycles. The van der Waals surface area contributed by atoms with Crippen LogP contribution in [0.15, 0.2) is 6.20 Å². The number of hydrogen-bond donors (Lipinski definition) is 3. The van der Waals surface area contributed by atoms with Crippen LogP contribution in [0.5, 0.6) is 0 Å². The van der Waals surface area contributed by atoms with Crippen molar-refractivity contribution in [3.63, 3.8) is 0 Å². The van der Waals surface area contributed by atoms with E-state index in [1.165, 1.54) is 6.20 Å². The summed E-state index contributed by atoms with van der Waals surface area (Å²) < 4.78 is 0. The number of nitrogens with one attached hydrogen (secondary N) is 2. The van der Waals surface area contributed by atoms with Crippen LogP contribution in [0, 0.1) is 16.0 Å². The van der Waals surface area contributed by atoms with Gasteiger partial charge in [-0.05, 0) is 44.4 Å². The van der Waals surface area contributed by atoms with Gasteiger partial charge in [-0.15, -0.1) is 0 Å². The molecule has 1 aromatic rings. The topological polar surface area (TPSA) is 139 Å². The van der Waals surface area contributed by atoms with Gasteiger partial charge in [-0.25, -0.2) is 4.98 Å². The summed E-state index contributed by atoms with van der Waals surface area (Å²) in [5, 5.41) is 17.2. The number of amides is 1. The lowest BCUT2D eigenvalue weighted by Crippen LogP contribution is -2.33. The van der Waals surface area contributed by atoms with E-state index in [1.807, 2.05) is 0 Å². The maximum atomic E-state index is 12.1. The molecule has 1 saturated carbocycles. The number of nitrogens with two attached hydrogens (primary N) is 1. The molecule has 0 radical (unpaired) electrons. The van der Waals surface area contributed by atoms with Crippen LogP contribution in [-0.4, -0.2) is 57.9 Å². The Morgan fingerprint density at radius 1 is 1.26 bits per heavy atom. The van der Waals surface area contributed by atoms with Gasteiger partial charge in [-0.1, -0.05) is 0 Å². The molecule has 0 aromatic carbocycles. The van der Waals surface area contributed by atoms with Gasteiger partial charge in [0.1, 0.15) is 6.20 Å². The highest BCUT2D eigenvalue weighted by atomic mass is 16.6. The minimum Gasteiger partial charge on any atom is -0.364 e. The minimum atomic E-state index is -0.502. The molecule has 10 nitrogen and oxygen atoms in total. The number of nitro groups is 1. The van der Waals surface area contributed by atoms with Gasteiger partial charge in [0.2, 0.25) is 17.7 Å². The lowest BCUT2D eigenvalue weighted by molar-refractivity contribution is -0.384. The minimum absolute atomic E-state index is 0.0116. The lowest BCUT2D eigenvalue weighted by atomic mass is 9.86. The molecule has 1 aliphatic heterocycles. The van der Waals surface area contributed by atoms with Crippen molar-refractivity contribution in [3.8, 4) is 0 Å². The van der Waals surface area contributed by atoms with Crippen LogP contribution in [0.4, 0.5) is 17.5 Å². The summed E-state index contributed by atoms with van der Waals surface area (Å²) in [6.07, 6.45) is 7.19. The van der Waals surface area contributed by atoms with Crippen molar-refractivity contribution in [2.75, 3.05) is 36.8 Å². The zero-order valence-electron chi connectivity index (χ0n) is 15.4. The van der Waals surface area contributed by atoms with Gasteiger partial charge in [0, 0.05) is 25.7 Å². The molecular weight excluding hydrogens is 350 g/mol. The average Bonchev–Trinajstić information content (AvgIpc) is 3.20. The Bertz CT molecular complexity index is 670. The van der Waals surface area contributed by atoms with E-state index in [2.05, 4.69) is 20.6 Å². The standard InChI is InChI=1S/C17H27N7O3/c18-13-5-3-12(4-6-13)9-19-16-14(24(26)27)10-20-17(22-16)21-11-15(25)23-7-1-2-8-23/h10,12-13H,1-9,11,18H2,(H2,19,20,21,22). The van der Waals surface area contributed by atoms with Gasteiger partial charge in [-0.3, -0.25) is 14.9 Å². The molecule has 2 fully saturated rings. The second-order valence-electron chi connectivity index (χ2n) is 7.29. The Kier molecular flexibility index (Phi) is 6.38. The van der Waals surface area contributed by atoms with E-state index in [4.69, 9.17) is 5.73 Å². The van der Waals surface area contributed by atoms with E-state index < -0.39 is 4.92 Å². The molecule has 27 heavy (non-hydrogen) atoms. The van der Waals surface area contributed by atoms with Crippen LogP contribution in [0.2, 0.25) is 0 Å². The normalized spacial score (nSPS) is 22.5. The van der Waals surface area contributed by atoms with Crippen molar-refractivity contribution in [3.05, 3.63) is 16.3 Å². The number of nitrogens with zero attached hydrogens (tertiary/aromatic N) is 4. The van der Waals surface area contributed by atoms with Crippen molar-refractivity contribution in [2.24, 2.45) is 11.7 Å². The molecule has 1 aromatic heterocycles. The second-order valence-corrected chi connectivity index (χ2v) is 7.29. The molecule has 3 rings (SSSR count). The molecule has 148 valence electrons. The predicted octanol–water partition coefficient (Wildman–Crippen LogP) is 1.35. The number of carbonyl (C=O) groups excluding carboxylic acids is 1. The lowest BCUT2D eigenvalue weighted by Gasteiger charge is -2.26. The Morgan fingerprint density at radius 3 is 2.63 bits per heavy atom. The Hall–Kier alpha value is -2.49. The molecule has 0 unspecified atom stereocenters.